The fourth-order valence-corrected chi connectivity index (χ4v) is 0.835. The molecule has 0 bridgehead atoms. The van der Waals surface area contributed by atoms with Crippen molar-refractivity contribution in [3.05, 3.63) is 0 Å². The molecule has 0 aliphatic rings. The molecule has 0 aromatic rings. The highest BCUT2D eigenvalue weighted by molar-refractivity contribution is 5.68. The Morgan fingerprint density at radius 3 is 1.67 bits per heavy atom. The predicted molar refractivity (Wildman–Crippen MR) is 74.1 cm³/mol. The number of aliphatic hydroxyl groups is 1. The number of aliphatic hydroxyl groups excluding tert-OH is 1. The lowest BCUT2D eigenvalue weighted by molar-refractivity contribution is -0.870. The lowest BCUT2D eigenvalue weighted by Crippen LogP contribution is -2.37. The first-order chi connectivity index (χ1) is 8.02. The summed E-state index contributed by atoms with van der Waals surface area (Å²) in [6, 6.07) is 0. The van der Waals surface area contributed by atoms with Crippen molar-refractivity contribution in [1.82, 2.24) is 0 Å². The predicted octanol–water partition coefficient (Wildman–Crippen LogP) is 0.331. The molecule has 0 aliphatic heterocycles. The Morgan fingerprint density at radius 1 is 1.00 bits per heavy atom. The molecule has 0 fully saturated rings. The van der Waals surface area contributed by atoms with Crippen LogP contribution in [0, 0.1) is 0 Å². The van der Waals surface area contributed by atoms with E-state index in [0.29, 0.717) is 13.0 Å². The Kier molecular flexibility index (Phi) is 10.2. The number of ether oxygens (including phenoxy) is 1. The van der Waals surface area contributed by atoms with Gasteiger partial charge in [-0.05, 0) is 0 Å². The zero-order chi connectivity index (χ0) is 14.8. The van der Waals surface area contributed by atoms with Gasteiger partial charge >= 0.3 is 5.97 Å². The van der Waals surface area contributed by atoms with Crippen LogP contribution < -0.4 is 0 Å². The quantitative estimate of drug-likeness (QED) is 0.555. The third-order valence-electron chi connectivity index (χ3n) is 2.08. The van der Waals surface area contributed by atoms with Gasteiger partial charge < -0.3 is 18.8 Å². The highest BCUT2D eigenvalue weighted by Gasteiger charge is 2.07. The number of likely N-dealkylation sites (N-methyl/N-ethyl adjacent to an activating group) is 2. The lowest BCUT2D eigenvalue weighted by Gasteiger charge is -2.23. The van der Waals surface area contributed by atoms with Crippen LogP contribution in [0.5, 0.6) is 0 Å². The molecule has 0 saturated heterocycles. The van der Waals surface area contributed by atoms with E-state index in [0.717, 1.165) is 22.1 Å². The van der Waals surface area contributed by atoms with Gasteiger partial charge in [0, 0.05) is 6.42 Å². The Bertz CT molecular complexity index is 217. The zero-order valence-electron chi connectivity index (χ0n) is 13.2. The largest absolute Gasteiger partial charge is 0.460 e. The number of esters is 1. The third kappa shape index (κ3) is 20.7. The molecule has 5 nitrogen and oxygen atoms in total. The number of nitrogens with zero attached hydrogens (tertiary/aromatic N) is 2. The van der Waals surface area contributed by atoms with E-state index in [2.05, 4.69) is 42.3 Å². The fourth-order valence-electron chi connectivity index (χ4n) is 0.835. The molecular weight excluding hydrogens is 232 g/mol. The summed E-state index contributed by atoms with van der Waals surface area (Å²) in [4.78, 5) is 10.7. The number of rotatable bonds is 6. The molecule has 0 amide bonds. The second-order valence-corrected chi connectivity index (χ2v) is 6.33. The summed E-state index contributed by atoms with van der Waals surface area (Å²) in [6.45, 7) is 4.31. The number of hydrogen-bond acceptors (Lipinski definition) is 3. The van der Waals surface area contributed by atoms with Gasteiger partial charge in [-0.15, -0.1) is 0 Å². The van der Waals surface area contributed by atoms with Gasteiger partial charge in [-0.2, -0.15) is 0 Å². The Morgan fingerprint density at radius 2 is 1.44 bits per heavy atom. The fraction of sp³-hybridized carbons (Fsp3) is 0.923. The highest BCUT2D eigenvalue weighted by atomic mass is 16.5. The van der Waals surface area contributed by atoms with Gasteiger partial charge in [-0.25, -0.2) is 0 Å². The maximum absolute atomic E-state index is 10.7. The second-order valence-electron chi connectivity index (χ2n) is 6.33. The van der Waals surface area contributed by atoms with E-state index >= 15 is 0 Å². The van der Waals surface area contributed by atoms with Crippen molar-refractivity contribution < 1.29 is 23.6 Å². The van der Waals surface area contributed by atoms with E-state index in [9.17, 15) is 4.79 Å². The summed E-state index contributed by atoms with van der Waals surface area (Å²) in [5.41, 5.74) is 0. The van der Waals surface area contributed by atoms with Crippen molar-refractivity contribution in [2.75, 3.05) is 68.6 Å². The van der Waals surface area contributed by atoms with Gasteiger partial charge in [0.15, 0.2) is 0 Å². The molecule has 1 N–H and O–H groups in total. The van der Waals surface area contributed by atoms with Gasteiger partial charge in [-0.1, -0.05) is 6.92 Å². The summed E-state index contributed by atoms with van der Waals surface area (Å²) >= 11 is 0. The van der Waals surface area contributed by atoms with Crippen LogP contribution in [0.15, 0.2) is 0 Å². The van der Waals surface area contributed by atoms with E-state index in [1.807, 2.05) is 0 Å². The molecule has 0 unspecified atom stereocenters. The SMILES string of the molecule is CCC(=O)OCC[N+](C)(C)C.C[N+](C)(C)CCO. The first-order valence-electron chi connectivity index (χ1n) is 6.39. The van der Waals surface area contributed by atoms with Crippen molar-refractivity contribution in [1.29, 1.82) is 0 Å². The van der Waals surface area contributed by atoms with E-state index in [1.165, 1.54) is 0 Å². The highest BCUT2D eigenvalue weighted by Crippen LogP contribution is 1.91. The number of hydrogen-bond donors (Lipinski definition) is 1. The summed E-state index contributed by atoms with van der Waals surface area (Å²) in [7, 11) is 12.4. The van der Waals surface area contributed by atoms with Crippen molar-refractivity contribution in [2.45, 2.75) is 13.3 Å². The van der Waals surface area contributed by atoms with Crippen molar-refractivity contribution in [2.24, 2.45) is 0 Å². The van der Waals surface area contributed by atoms with Crippen LogP contribution in [-0.4, -0.2) is 88.6 Å². The van der Waals surface area contributed by atoms with Gasteiger partial charge in [0.05, 0.1) is 48.9 Å². The van der Waals surface area contributed by atoms with Crippen LogP contribution >= 0.6 is 0 Å². The summed E-state index contributed by atoms with van der Waals surface area (Å²) in [5, 5.41) is 8.39. The Balaban J connectivity index is 0. The summed E-state index contributed by atoms with van der Waals surface area (Å²) in [6.07, 6.45) is 0.469. The van der Waals surface area contributed by atoms with Crippen LogP contribution in [-0.2, 0) is 9.53 Å². The van der Waals surface area contributed by atoms with Crippen LogP contribution in [0.3, 0.4) is 0 Å². The monoisotopic (exact) mass is 264 g/mol. The Hall–Kier alpha value is -0.650. The van der Waals surface area contributed by atoms with Gasteiger partial charge in [-0.3, -0.25) is 4.79 Å². The van der Waals surface area contributed by atoms with E-state index in [4.69, 9.17) is 9.84 Å². The first kappa shape index (κ1) is 19.7. The molecule has 0 aromatic heterocycles. The van der Waals surface area contributed by atoms with Crippen molar-refractivity contribution in [3.8, 4) is 0 Å². The molecule has 0 spiro atoms. The molecule has 0 radical (unpaired) electrons. The topological polar surface area (TPSA) is 46.5 Å². The standard InChI is InChI=1S/C8H18NO2.C5H14NO/c1-5-8(10)11-7-6-9(2,3)4;1-6(2,3)4-5-7/h5-7H2,1-4H3;7H,4-5H2,1-3H3/q2*+1. The molecule has 110 valence electrons. The summed E-state index contributed by atoms with van der Waals surface area (Å²) < 4.78 is 6.59. The number of carbonyl (C=O) groups is 1. The van der Waals surface area contributed by atoms with E-state index in [1.54, 1.807) is 6.92 Å². The van der Waals surface area contributed by atoms with Crippen molar-refractivity contribution in [3.63, 3.8) is 0 Å². The molecular formula is C13H32N2O3+2. The molecule has 0 saturated carbocycles. The van der Waals surface area contributed by atoms with Crippen LogP contribution in [0.2, 0.25) is 0 Å². The van der Waals surface area contributed by atoms with Gasteiger partial charge in [0.1, 0.15) is 19.7 Å². The maximum Gasteiger partial charge on any atom is 0.305 e. The van der Waals surface area contributed by atoms with Crippen LogP contribution in [0.25, 0.3) is 0 Å². The smallest absolute Gasteiger partial charge is 0.305 e. The molecule has 0 aromatic carbocycles. The van der Waals surface area contributed by atoms with E-state index < -0.39 is 0 Å². The average molecular weight is 264 g/mol. The Labute approximate surface area is 112 Å². The number of carbonyl (C=O) groups excluding carboxylic acids is 1. The molecule has 18 heavy (non-hydrogen) atoms. The minimum Gasteiger partial charge on any atom is -0.460 e. The first-order valence-corrected chi connectivity index (χ1v) is 6.39. The minimum atomic E-state index is -0.113. The normalized spacial score (nSPS) is 11.6. The van der Waals surface area contributed by atoms with Crippen molar-refractivity contribution >= 4 is 5.97 Å². The van der Waals surface area contributed by atoms with Gasteiger partial charge in [0.2, 0.25) is 0 Å². The molecule has 5 heteroatoms. The zero-order valence-corrected chi connectivity index (χ0v) is 13.2. The summed E-state index contributed by atoms with van der Waals surface area (Å²) in [5.74, 6) is -0.113. The molecule has 0 heterocycles. The van der Waals surface area contributed by atoms with Crippen LogP contribution in [0.1, 0.15) is 13.3 Å². The third-order valence-corrected chi connectivity index (χ3v) is 2.08. The van der Waals surface area contributed by atoms with Gasteiger partial charge in [0.25, 0.3) is 0 Å². The maximum atomic E-state index is 10.7. The van der Waals surface area contributed by atoms with Crippen LogP contribution in [0.4, 0.5) is 0 Å². The second kappa shape index (κ2) is 9.30. The number of quaternary nitrogens is 2. The average Bonchev–Trinajstić information content (AvgIpc) is 2.14. The molecule has 0 rings (SSSR count). The van der Waals surface area contributed by atoms with E-state index in [-0.39, 0.29) is 12.6 Å². The molecule has 0 aliphatic carbocycles. The lowest BCUT2D eigenvalue weighted by atomic mass is 10.5. The minimum absolute atomic E-state index is 0.113. The molecule has 0 atom stereocenters.